The highest BCUT2D eigenvalue weighted by atomic mass is 35.5. The van der Waals surface area contributed by atoms with Gasteiger partial charge in [-0.2, -0.15) is 0 Å². The second-order valence-electron chi connectivity index (χ2n) is 7.73. The lowest BCUT2D eigenvalue weighted by atomic mass is 9.72. The molecule has 2 N–H and O–H groups in total. The molecule has 6 heteroatoms. The van der Waals surface area contributed by atoms with E-state index in [9.17, 15) is 9.59 Å². The normalized spacial score (nSPS) is 15.8. The summed E-state index contributed by atoms with van der Waals surface area (Å²) < 4.78 is 0. The van der Waals surface area contributed by atoms with Crippen LogP contribution in [0.3, 0.4) is 0 Å². The van der Waals surface area contributed by atoms with Gasteiger partial charge in [0.25, 0.3) is 0 Å². The quantitative estimate of drug-likeness (QED) is 0.675. The Morgan fingerprint density at radius 3 is 2.34 bits per heavy atom. The van der Waals surface area contributed by atoms with E-state index >= 15 is 0 Å². The second-order valence-corrected chi connectivity index (χ2v) is 8.11. The van der Waals surface area contributed by atoms with Crippen molar-refractivity contribution >= 4 is 23.4 Å². The van der Waals surface area contributed by atoms with Crippen molar-refractivity contribution in [1.82, 2.24) is 9.88 Å². The zero-order valence-corrected chi connectivity index (χ0v) is 17.4. The molecular weight excluding hydrogens is 386 g/mol. The van der Waals surface area contributed by atoms with Crippen molar-refractivity contribution in [1.29, 1.82) is 0 Å². The van der Waals surface area contributed by atoms with E-state index < -0.39 is 5.41 Å². The van der Waals surface area contributed by atoms with Crippen LogP contribution in [-0.2, 0) is 28.9 Å². The molecule has 154 valence electrons. The fraction of sp³-hybridized carbons (Fsp3) is 0.435. The smallest absolute Gasteiger partial charge is 0.224 e. The van der Waals surface area contributed by atoms with Gasteiger partial charge in [-0.15, -0.1) is 11.6 Å². The van der Waals surface area contributed by atoms with E-state index in [1.165, 1.54) is 5.56 Å². The molecule has 1 aromatic carbocycles. The summed E-state index contributed by atoms with van der Waals surface area (Å²) in [7, 11) is 0. The van der Waals surface area contributed by atoms with E-state index in [-0.39, 0.29) is 11.8 Å². The average Bonchev–Trinajstić information content (AvgIpc) is 2.74. The van der Waals surface area contributed by atoms with Gasteiger partial charge < -0.3 is 10.6 Å². The summed E-state index contributed by atoms with van der Waals surface area (Å²) in [5.74, 6) is 0.0928. The molecule has 2 heterocycles. The highest BCUT2D eigenvalue weighted by Crippen LogP contribution is 2.36. The molecule has 1 aromatic heterocycles. The number of halogens is 1. The van der Waals surface area contributed by atoms with Gasteiger partial charge in [-0.3, -0.25) is 14.6 Å². The van der Waals surface area contributed by atoms with Crippen LogP contribution in [0.15, 0.2) is 48.7 Å². The van der Waals surface area contributed by atoms with E-state index in [1.807, 2.05) is 36.5 Å². The highest BCUT2D eigenvalue weighted by molar-refractivity contribution is 6.18. The number of likely N-dealkylation sites (tertiary alicyclic amines) is 1. The molecule has 5 nitrogen and oxygen atoms in total. The number of nitrogens with two attached hydrogens (primary N) is 1. The molecule has 2 amide bonds. The Morgan fingerprint density at radius 2 is 1.72 bits per heavy atom. The summed E-state index contributed by atoms with van der Waals surface area (Å²) in [4.78, 5) is 30.8. The molecule has 0 saturated carbocycles. The molecule has 29 heavy (non-hydrogen) atoms. The number of hydrogen-bond acceptors (Lipinski definition) is 3. The number of carbonyl (C=O) groups is 2. The van der Waals surface area contributed by atoms with Gasteiger partial charge in [0.05, 0.1) is 5.41 Å². The molecule has 0 radical (unpaired) electrons. The maximum absolute atomic E-state index is 12.5. The minimum Gasteiger partial charge on any atom is -0.369 e. The number of nitrogens with zero attached hydrogens (tertiary/aromatic N) is 2. The second kappa shape index (κ2) is 9.88. The van der Waals surface area contributed by atoms with Crippen LogP contribution >= 0.6 is 11.6 Å². The summed E-state index contributed by atoms with van der Waals surface area (Å²) >= 11 is 5.69. The Bertz CT molecular complexity index is 833. The number of amides is 2. The molecular formula is C23H28ClN3O2. The minimum atomic E-state index is -0.612. The molecule has 1 saturated heterocycles. The number of rotatable bonds is 8. The van der Waals surface area contributed by atoms with Gasteiger partial charge in [0.1, 0.15) is 0 Å². The standard InChI is InChI=1S/C23H28ClN3O2/c24-13-10-21(28)27-15-11-23(12-16-27,22(25)29)17-19-6-2-1-5-18(19)8-9-20-7-3-4-14-26-20/h1-7,14H,8-13,15-17H2,(H2,25,29). The van der Waals surface area contributed by atoms with Gasteiger partial charge in [-0.05, 0) is 55.4 Å². The van der Waals surface area contributed by atoms with E-state index in [1.54, 1.807) is 4.90 Å². The number of hydrogen-bond donors (Lipinski definition) is 1. The van der Waals surface area contributed by atoms with Crippen LogP contribution < -0.4 is 5.73 Å². The Labute approximate surface area is 177 Å². The van der Waals surface area contributed by atoms with E-state index in [2.05, 4.69) is 17.1 Å². The molecule has 1 aliphatic rings. The first kappa shape index (κ1) is 21.3. The van der Waals surface area contributed by atoms with Gasteiger partial charge in [0, 0.05) is 37.3 Å². The zero-order chi connectivity index (χ0) is 20.7. The van der Waals surface area contributed by atoms with Gasteiger partial charge >= 0.3 is 0 Å². The van der Waals surface area contributed by atoms with Crippen LogP contribution in [0.5, 0.6) is 0 Å². The predicted octanol–water partition coefficient (Wildman–Crippen LogP) is 3.13. The Morgan fingerprint density at radius 1 is 1.03 bits per heavy atom. The third kappa shape index (κ3) is 5.36. The van der Waals surface area contributed by atoms with Crippen LogP contribution in [0.4, 0.5) is 0 Å². The predicted molar refractivity (Wildman–Crippen MR) is 115 cm³/mol. The lowest BCUT2D eigenvalue weighted by Gasteiger charge is -2.40. The molecule has 0 atom stereocenters. The van der Waals surface area contributed by atoms with Crippen LogP contribution in [-0.4, -0.2) is 40.7 Å². The van der Waals surface area contributed by atoms with E-state index in [4.69, 9.17) is 17.3 Å². The first-order valence-corrected chi connectivity index (χ1v) is 10.7. The van der Waals surface area contributed by atoms with Crippen molar-refractivity contribution < 1.29 is 9.59 Å². The summed E-state index contributed by atoms with van der Waals surface area (Å²) in [5.41, 5.74) is 8.69. The SMILES string of the molecule is NC(=O)C1(Cc2ccccc2CCc2ccccn2)CCN(C(=O)CCCl)CC1. The van der Waals surface area contributed by atoms with E-state index in [0.29, 0.717) is 44.7 Å². The van der Waals surface area contributed by atoms with Crippen LogP contribution in [0.25, 0.3) is 0 Å². The number of benzene rings is 1. The van der Waals surface area contributed by atoms with Crippen LogP contribution in [0.2, 0.25) is 0 Å². The number of piperidine rings is 1. The number of primary amides is 1. The Balaban J connectivity index is 1.71. The van der Waals surface area contributed by atoms with Crippen molar-refractivity contribution in [3.8, 4) is 0 Å². The maximum atomic E-state index is 12.5. The molecule has 1 aliphatic heterocycles. The lowest BCUT2D eigenvalue weighted by molar-refractivity contribution is -0.138. The van der Waals surface area contributed by atoms with Crippen molar-refractivity contribution in [2.45, 2.75) is 38.5 Å². The first-order valence-electron chi connectivity index (χ1n) is 10.1. The number of aryl methyl sites for hydroxylation is 2. The number of alkyl halides is 1. The van der Waals surface area contributed by atoms with Gasteiger partial charge in [-0.1, -0.05) is 30.3 Å². The molecule has 0 aliphatic carbocycles. The van der Waals surface area contributed by atoms with Crippen molar-refractivity contribution in [2.24, 2.45) is 11.1 Å². The molecule has 0 spiro atoms. The summed E-state index contributed by atoms with van der Waals surface area (Å²) in [5, 5.41) is 0. The van der Waals surface area contributed by atoms with Crippen LogP contribution in [0, 0.1) is 5.41 Å². The molecule has 1 fully saturated rings. The largest absolute Gasteiger partial charge is 0.369 e. The molecule has 0 bridgehead atoms. The van der Waals surface area contributed by atoms with Gasteiger partial charge in [0.15, 0.2) is 0 Å². The monoisotopic (exact) mass is 413 g/mol. The van der Waals surface area contributed by atoms with Crippen molar-refractivity contribution in [3.63, 3.8) is 0 Å². The van der Waals surface area contributed by atoms with E-state index in [0.717, 1.165) is 24.1 Å². The number of aromatic nitrogens is 1. The third-order valence-corrected chi connectivity index (χ3v) is 6.12. The number of pyridine rings is 1. The summed E-state index contributed by atoms with van der Waals surface area (Å²) in [6.07, 6.45) is 5.64. The lowest BCUT2D eigenvalue weighted by Crippen LogP contribution is -2.50. The fourth-order valence-electron chi connectivity index (χ4n) is 4.08. The first-order chi connectivity index (χ1) is 14.0. The topological polar surface area (TPSA) is 76.3 Å². The van der Waals surface area contributed by atoms with Crippen molar-refractivity contribution in [3.05, 3.63) is 65.5 Å². The molecule has 0 unspecified atom stereocenters. The van der Waals surface area contributed by atoms with Gasteiger partial charge in [-0.25, -0.2) is 0 Å². The Hall–Kier alpha value is -2.40. The van der Waals surface area contributed by atoms with Gasteiger partial charge in [0.2, 0.25) is 11.8 Å². The number of carbonyl (C=O) groups excluding carboxylic acids is 2. The van der Waals surface area contributed by atoms with Crippen LogP contribution in [0.1, 0.15) is 36.1 Å². The zero-order valence-electron chi connectivity index (χ0n) is 16.6. The molecule has 2 aromatic rings. The highest BCUT2D eigenvalue weighted by Gasteiger charge is 2.41. The minimum absolute atomic E-state index is 0.0498. The maximum Gasteiger partial charge on any atom is 0.224 e. The third-order valence-electron chi connectivity index (χ3n) is 5.93. The summed E-state index contributed by atoms with van der Waals surface area (Å²) in [6.45, 7) is 1.10. The summed E-state index contributed by atoms with van der Waals surface area (Å²) in [6, 6.07) is 14.2. The fourth-order valence-corrected chi connectivity index (χ4v) is 4.24. The molecule has 3 rings (SSSR count). The van der Waals surface area contributed by atoms with Crippen molar-refractivity contribution in [2.75, 3.05) is 19.0 Å². The Kier molecular flexibility index (Phi) is 7.26. The average molecular weight is 414 g/mol.